The highest BCUT2D eigenvalue weighted by molar-refractivity contribution is 5.99. The summed E-state index contributed by atoms with van der Waals surface area (Å²) in [4.78, 5) is 42.0. The van der Waals surface area contributed by atoms with E-state index in [0.29, 0.717) is 25.3 Å². The molecule has 0 bridgehead atoms. The van der Waals surface area contributed by atoms with Crippen molar-refractivity contribution in [2.24, 2.45) is 11.8 Å². The first-order valence-corrected chi connectivity index (χ1v) is 12.5. The van der Waals surface area contributed by atoms with Crippen molar-refractivity contribution >= 4 is 17.8 Å². The SMILES string of the molecule is CCCOC(=O)[C@@H](c1ccc(F)cc1F)N1C(=O)[C@@H](C2Cc3ccccc3C2)NC(=O)[C@H]1CC(C)C. The van der Waals surface area contributed by atoms with Crippen LogP contribution in [0.5, 0.6) is 0 Å². The third kappa shape index (κ3) is 5.13. The molecular formula is C28H32F2N2O4. The van der Waals surface area contributed by atoms with Crippen LogP contribution in [0, 0.1) is 23.5 Å². The maximum Gasteiger partial charge on any atom is 0.333 e. The number of benzene rings is 2. The van der Waals surface area contributed by atoms with E-state index in [1.807, 2.05) is 45.0 Å². The summed E-state index contributed by atoms with van der Waals surface area (Å²) in [5.74, 6) is -3.66. The Bertz CT molecular complexity index is 1130. The molecule has 2 amide bonds. The van der Waals surface area contributed by atoms with Gasteiger partial charge in [0.25, 0.3) is 0 Å². The van der Waals surface area contributed by atoms with Crippen molar-refractivity contribution in [3.05, 3.63) is 70.8 Å². The predicted molar refractivity (Wildman–Crippen MR) is 130 cm³/mol. The number of carbonyl (C=O) groups excluding carboxylic acids is 3. The molecule has 4 rings (SSSR count). The van der Waals surface area contributed by atoms with E-state index < -0.39 is 41.6 Å². The van der Waals surface area contributed by atoms with Crippen LogP contribution in [0.15, 0.2) is 42.5 Å². The molecule has 0 saturated carbocycles. The van der Waals surface area contributed by atoms with Crippen LogP contribution < -0.4 is 5.32 Å². The van der Waals surface area contributed by atoms with Gasteiger partial charge in [0.1, 0.15) is 23.7 Å². The van der Waals surface area contributed by atoms with Gasteiger partial charge >= 0.3 is 5.97 Å². The lowest BCUT2D eigenvalue weighted by molar-refractivity contribution is -0.165. The number of carbonyl (C=O) groups is 3. The molecule has 2 aromatic carbocycles. The minimum absolute atomic E-state index is 0.00807. The van der Waals surface area contributed by atoms with Gasteiger partial charge in [-0.15, -0.1) is 0 Å². The fourth-order valence-electron chi connectivity index (χ4n) is 5.27. The summed E-state index contributed by atoms with van der Waals surface area (Å²) in [7, 11) is 0. The molecule has 1 fully saturated rings. The number of piperazine rings is 1. The number of ether oxygens (including phenoxy) is 1. The molecule has 0 radical (unpaired) electrons. The molecule has 8 heteroatoms. The summed E-state index contributed by atoms with van der Waals surface area (Å²) in [5.41, 5.74) is 2.04. The molecule has 0 spiro atoms. The Kier molecular flexibility index (Phi) is 7.71. The lowest BCUT2D eigenvalue weighted by atomic mass is 9.88. The lowest BCUT2D eigenvalue weighted by Crippen LogP contribution is -2.67. The van der Waals surface area contributed by atoms with Gasteiger partial charge in [-0.25, -0.2) is 13.6 Å². The van der Waals surface area contributed by atoms with Crippen LogP contribution in [0.25, 0.3) is 0 Å². The van der Waals surface area contributed by atoms with E-state index >= 15 is 4.39 Å². The summed E-state index contributed by atoms with van der Waals surface area (Å²) in [5, 5.41) is 2.90. The Morgan fingerprint density at radius 1 is 1.11 bits per heavy atom. The van der Waals surface area contributed by atoms with Crippen LogP contribution in [0.1, 0.15) is 56.3 Å². The van der Waals surface area contributed by atoms with E-state index in [1.165, 1.54) is 4.90 Å². The average Bonchev–Trinajstić information content (AvgIpc) is 3.26. The Morgan fingerprint density at radius 2 is 1.78 bits per heavy atom. The highest BCUT2D eigenvalue weighted by Crippen LogP contribution is 2.36. The molecule has 36 heavy (non-hydrogen) atoms. The minimum atomic E-state index is -1.51. The van der Waals surface area contributed by atoms with Gasteiger partial charge in [-0.3, -0.25) is 9.59 Å². The zero-order chi connectivity index (χ0) is 26.0. The number of rotatable bonds is 8. The topological polar surface area (TPSA) is 75.7 Å². The fourth-order valence-corrected chi connectivity index (χ4v) is 5.27. The maximum atomic E-state index is 15.0. The lowest BCUT2D eigenvalue weighted by Gasteiger charge is -2.44. The van der Waals surface area contributed by atoms with Crippen molar-refractivity contribution in [3.63, 3.8) is 0 Å². The van der Waals surface area contributed by atoms with E-state index in [4.69, 9.17) is 4.74 Å². The van der Waals surface area contributed by atoms with Gasteiger partial charge < -0.3 is 15.0 Å². The van der Waals surface area contributed by atoms with Gasteiger partial charge in [0.15, 0.2) is 6.04 Å². The first-order valence-electron chi connectivity index (χ1n) is 12.5. The van der Waals surface area contributed by atoms with Gasteiger partial charge in [-0.2, -0.15) is 0 Å². The van der Waals surface area contributed by atoms with Crippen LogP contribution in [0.3, 0.4) is 0 Å². The summed E-state index contributed by atoms with van der Waals surface area (Å²) < 4.78 is 34.2. The molecule has 3 atom stereocenters. The van der Waals surface area contributed by atoms with Crippen molar-refractivity contribution in [1.29, 1.82) is 0 Å². The summed E-state index contributed by atoms with van der Waals surface area (Å²) in [6.45, 7) is 5.69. The number of nitrogens with zero attached hydrogens (tertiary/aromatic N) is 1. The first kappa shape index (κ1) is 25.8. The van der Waals surface area contributed by atoms with Crippen molar-refractivity contribution in [2.45, 2.75) is 64.6 Å². The predicted octanol–water partition coefficient (Wildman–Crippen LogP) is 4.12. The zero-order valence-corrected chi connectivity index (χ0v) is 20.8. The monoisotopic (exact) mass is 498 g/mol. The van der Waals surface area contributed by atoms with Crippen molar-refractivity contribution in [2.75, 3.05) is 6.61 Å². The third-order valence-electron chi connectivity index (χ3n) is 6.91. The molecule has 1 saturated heterocycles. The Balaban J connectivity index is 1.76. The van der Waals surface area contributed by atoms with Crippen LogP contribution in [-0.4, -0.2) is 41.4 Å². The van der Waals surface area contributed by atoms with Crippen molar-refractivity contribution in [3.8, 4) is 0 Å². The molecular weight excluding hydrogens is 466 g/mol. The first-order chi connectivity index (χ1) is 17.2. The number of amides is 2. The molecule has 0 aromatic heterocycles. The summed E-state index contributed by atoms with van der Waals surface area (Å²) in [6.07, 6.45) is 2.00. The van der Waals surface area contributed by atoms with Crippen molar-refractivity contribution in [1.82, 2.24) is 10.2 Å². The second-order valence-electron chi connectivity index (χ2n) is 10.1. The smallest absolute Gasteiger partial charge is 0.333 e. The molecule has 1 aliphatic carbocycles. The number of fused-ring (bicyclic) bond motifs is 1. The average molecular weight is 499 g/mol. The molecule has 1 aliphatic heterocycles. The number of hydrogen-bond acceptors (Lipinski definition) is 4. The molecule has 6 nitrogen and oxygen atoms in total. The minimum Gasteiger partial charge on any atom is -0.464 e. The molecule has 192 valence electrons. The quantitative estimate of drug-likeness (QED) is 0.556. The Labute approximate surface area is 210 Å². The number of hydrogen-bond donors (Lipinski definition) is 1. The summed E-state index contributed by atoms with van der Waals surface area (Å²) >= 11 is 0. The van der Waals surface area contributed by atoms with E-state index in [-0.39, 0.29) is 36.3 Å². The zero-order valence-electron chi connectivity index (χ0n) is 20.8. The fraction of sp³-hybridized carbons (Fsp3) is 0.464. The Hall–Kier alpha value is -3.29. The second kappa shape index (κ2) is 10.8. The highest BCUT2D eigenvalue weighted by Gasteiger charge is 2.50. The second-order valence-corrected chi connectivity index (χ2v) is 10.1. The number of halogens is 2. The van der Waals surface area contributed by atoms with Gasteiger partial charge in [0.2, 0.25) is 11.8 Å². The largest absolute Gasteiger partial charge is 0.464 e. The van der Waals surface area contributed by atoms with E-state index in [9.17, 15) is 18.8 Å². The van der Waals surface area contributed by atoms with Gasteiger partial charge in [0, 0.05) is 11.6 Å². The molecule has 1 heterocycles. The Morgan fingerprint density at radius 3 is 2.36 bits per heavy atom. The molecule has 2 aromatic rings. The van der Waals surface area contributed by atoms with E-state index in [2.05, 4.69) is 5.32 Å². The van der Waals surface area contributed by atoms with Crippen LogP contribution in [-0.2, 0) is 32.0 Å². The van der Waals surface area contributed by atoms with E-state index in [1.54, 1.807) is 0 Å². The number of esters is 1. The van der Waals surface area contributed by atoms with Gasteiger partial charge in [0.05, 0.1) is 6.61 Å². The third-order valence-corrected chi connectivity index (χ3v) is 6.91. The van der Waals surface area contributed by atoms with Crippen LogP contribution in [0.4, 0.5) is 8.78 Å². The van der Waals surface area contributed by atoms with Crippen LogP contribution >= 0.6 is 0 Å². The number of nitrogens with one attached hydrogen (secondary N) is 1. The molecule has 1 N–H and O–H groups in total. The molecule has 2 aliphatic rings. The normalized spacial score (nSPS) is 20.9. The van der Waals surface area contributed by atoms with E-state index in [0.717, 1.165) is 23.3 Å². The summed E-state index contributed by atoms with van der Waals surface area (Å²) in [6, 6.07) is 7.35. The highest BCUT2D eigenvalue weighted by atomic mass is 19.1. The van der Waals surface area contributed by atoms with Gasteiger partial charge in [-0.1, -0.05) is 51.1 Å². The van der Waals surface area contributed by atoms with Gasteiger partial charge in [-0.05, 0) is 54.7 Å². The van der Waals surface area contributed by atoms with Crippen LogP contribution in [0.2, 0.25) is 0 Å². The van der Waals surface area contributed by atoms with Crippen molar-refractivity contribution < 1.29 is 27.9 Å². The standard InChI is InChI=1S/C28H32F2N2O4/c1-4-11-36-28(35)25(21-10-9-20(29)15-22(21)30)32-23(12-16(2)3)26(33)31-24(27(32)34)19-13-17-7-5-6-8-18(17)14-19/h5-10,15-16,19,23-25H,4,11-14H2,1-3H3,(H,31,33)/t23-,24-,25-/m1/s1. The maximum absolute atomic E-state index is 15.0. The molecule has 0 unspecified atom stereocenters.